The first-order chi connectivity index (χ1) is 10.1. The Kier molecular flexibility index (Phi) is 5.20. The third-order valence-electron chi connectivity index (χ3n) is 3.56. The van der Waals surface area contributed by atoms with Crippen molar-refractivity contribution in [3.63, 3.8) is 0 Å². The number of nitrogens with one attached hydrogen (secondary N) is 1. The van der Waals surface area contributed by atoms with Crippen LogP contribution >= 0.6 is 15.9 Å². The highest BCUT2D eigenvalue weighted by Crippen LogP contribution is 2.36. The smallest absolute Gasteiger partial charge is 0.393 e. The van der Waals surface area contributed by atoms with Gasteiger partial charge in [0.2, 0.25) is 10.0 Å². The van der Waals surface area contributed by atoms with Crippen LogP contribution in [-0.4, -0.2) is 25.7 Å². The lowest BCUT2D eigenvalue weighted by molar-refractivity contribution is -0.139. The number of benzene rings is 1. The normalized spacial score (nSPS) is 23.5. The van der Waals surface area contributed by atoms with Gasteiger partial charge in [0.05, 0.1) is 16.6 Å². The van der Waals surface area contributed by atoms with Crippen LogP contribution in [0.25, 0.3) is 0 Å². The van der Waals surface area contributed by atoms with Gasteiger partial charge in [-0.05, 0) is 43.9 Å². The quantitative estimate of drug-likeness (QED) is 0.817. The van der Waals surface area contributed by atoms with E-state index in [1.54, 1.807) is 0 Å². The molecule has 22 heavy (non-hydrogen) atoms. The zero-order valence-electron chi connectivity index (χ0n) is 11.4. The van der Waals surface area contributed by atoms with Gasteiger partial charge < -0.3 is 5.11 Å². The molecule has 0 saturated heterocycles. The molecule has 0 heterocycles. The molecule has 1 aromatic rings. The van der Waals surface area contributed by atoms with Crippen LogP contribution in [0.15, 0.2) is 27.6 Å². The lowest BCUT2D eigenvalue weighted by Crippen LogP contribution is -2.39. The molecule has 0 aromatic heterocycles. The molecule has 0 unspecified atom stereocenters. The first-order valence-electron chi connectivity index (χ1n) is 6.67. The van der Waals surface area contributed by atoms with Gasteiger partial charge >= 0.3 is 6.18 Å². The van der Waals surface area contributed by atoms with E-state index in [9.17, 15) is 26.7 Å². The predicted octanol–water partition coefficient (Wildman–Crippen LogP) is 3.05. The average Bonchev–Trinajstić information content (AvgIpc) is 2.40. The van der Waals surface area contributed by atoms with Crippen molar-refractivity contribution in [2.45, 2.75) is 48.9 Å². The van der Waals surface area contributed by atoms with E-state index >= 15 is 0 Å². The monoisotopic (exact) mass is 401 g/mol. The van der Waals surface area contributed by atoms with E-state index in [0.29, 0.717) is 25.7 Å². The Balaban J connectivity index is 2.31. The zero-order chi connectivity index (χ0) is 16.5. The number of hydrogen-bond acceptors (Lipinski definition) is 3. The van der Waals surface area contributed by atoms with Crippen LogP contribution in [0, 0.1) is 0 Å². The molecule has 2 rings (SSSR count). The van der Waals surface area contributed by atoms with Gasteiger partial charge in [-0.15, -0.1) is 0 Å². The maximum atomic E-state index is 13.0. The number of hydrogen-bond donors (Lipinski definition) is 2. The van der Waals surface area contributed by atoms with E-state index < -0.39 is 38.8 Å². The van der Waals surface area contributed by atoms with E-state index in [2.05, 4.69) is 20.7 Å². The van der Waals surface area contributed by atoms with Crippen LogP contribution in [0.2, 0.25) is 0 Å². The van der Waals surface area contributed by atoms with Gasteiger partial charge in [-0.3, -0.25) is 0 Å². The van der Waals surface area contributed by atoms with Gasteiger partial charge in [-0.1, -0.05) is 15.9 Å². The number of sulfonamides is 1. The van der Waals surface area contributed by atoms with Gasteiger partial charge in [0.1, 0.15) is 0 Å². The number of rotatable bonds is 3. The van der Waals surface area contributed by atoms with Crippen molar-refractivity contribution in [3.05, 3.63) is 28.2 Å². The van der Waals surface area contributed by atoms with Crippen LogP contribution in [0.4, 0.5) is 13.2 Å². The molecule has 2 N–H and O–H groups in total. The topological polar surface area (TPSA) is 66.4 Å². The highest BCUT2D eigenvalue weighted by Gasteiger charge is 2.38. The van der Waals surface area contributed by atoms with E-state index in [-0.39, 0.29) is 4.47 Å². The molecule has 9 heteroatoms. The summed E-state index contributed by atoms with van der Waals surface area (Å²) in [4.78, 5) is -0.791. The summed E-state index contributed by atoms with van der Waals surface area (Å²) < 4.78 is 66.2. The molecule has 1 saturated carbocycles. The van der Waals surface area contributed by atoms with Gasteiger partial charge in [-0.25, -0.2) is 13.1 Å². The van der Waals surface area contributed by atoms with Crippen molar-refractivity contribution in [1.82, 2.24) is 4.72 Å². The Morgan fingerprint density at radius 3 is 2.32 bits per heavy atom. The largest absolute Gasteiger partial charge is 0.417 e. The molecule has 0 spiro atoms. The zero-order valence-corrected chi connectivity index (χ0v) is 13.8. The number of aliphatic hydroxyl groups is 1. The van der Waals surface area contributed by atoms with Crippen molar-refractivity contribution in [1.29, 1.82) is 0 Å². The minimum atomic E-state index is -4.76. The highest BCUT2D eigenvalue weighted by atomic mass is 79.9. The summed E-state index contributed by atoms with van der Waals surface area (Å²) in [7, 11) is -4.30. The third-order valence-corrected chi connectivity index (χ3v) is 5.61. The van der Waals surface area contributed by atoms with Crippen LogP contribution < -0.4 is 4.72 Å². The van der Waals surface area contributed by atoms with E-state index in [0.717, 1.165) is 18.2 Å². The van der Waals surface area contributed by atoms with E-state index in [1.165, 1.54) is 0 Å². The minimum absolute atomic E-state index is 0.250. The summed E-state index contributed by atoms with van der Waals surface area (Å²) in [5, 5.41) is 9.40. The second-order valence-electron chi connectivity index (χ2n) is 5.26. The first kappa shape index (κ1) is 17.7. The van der Waals surface area contributed by atoms with E-state index in [1.807, 2.05) is 0 Å². The summed E-state index contributed by atoms with van der Waals surface area (Å²) in [6.07, 6.45) is -3.58. The molecule has 0 atom stereocenters. The lowest BCUT2D eigenvalue weighted by Gasteiger charge is -2.26. The lowest BCUT2D eigenvalue weighted by atomic mass is 9.94. The van der Waals surface area contributed by atoms with Gasteiger partial charge in [0.25, 0.3) is 0 Å². The summed E-state index contributed by atoms with van der Waals surface area (Å²) in [5.74, 6) is 0. The Morgan fingerprint density at radius 2 is 1.77 bits per heavy atom. The number of halogens is 4. The maximum Gasteiger partial charge on any atom is 0.417 e. The Hall–Kier alpha value is -0.640. The first-order valence-corrected chi connectivity index (χ1v) is 8.94. The van der Waals surface area contributed by atoms with Crippen molar-refractivity contribution in [2.75, 3.05) is 0 Å². The number of aliphatic hydroxyl groups excluding tert-OH is 1. The van der Waals surface area contributed by atoms with Crippen molar-refractivity contribution >= 4 is 26.0 Å². The molecular formula is C13H15BrF3NO3S. The molecular weight excluding hydrogens is 387 g/mol. The Morgan fingerprint density at radius 1 is 1.18 bits per heavy atom. The number of alkyl halides is 3. The fourth-order valence-electron chi connectivity index (χ4n) is 2.43. The van der Waals surface area contributed by atoms with Crippen LogP contribution in [-0.2, 0) is 16.2 Å². The van der Waals surface area contributed by atoms with Crippen molar-refractivity contribution in [2.24, 2.45) is 0 Å². The molecule has 1 aliphatic carbocycles. The maximum absolute atomic E-state index is 13.0. The summed E-state index contributed by atoms with van der Waals surface area (Å²) in [5.41, 5.74) is -1.20. The molecule has 124 valence electrons. The second-order valence-corrected chi connectivity index (χ2v) is 7.86. The molecule has 0 radical (unpaired) electrons. The second kappa shape index (κ2) is 6.46. The van der Waals surface area contributed by atoms with Crippen molar-refractivity contribution in [3.8, 4) is 0 Å². The van der Waals surface area contributed by atoms with Gasteiger partial charge in [0, 0.05) is 10.5 Å². The molecule has 0 aliphatic heterocycles. The van der Waals surface area contributed by atoms with Crippen LogP contribution in [0.1, 0.15) is 31.2 Å². The predicted molar refractivity (Wildman–Crippen MR) is 77.7 cm³/mol. The minimum Gasteiger partial charge on any atom is -0.393 e. The third kappa shape index (κ3) is 4.21. The average molecular weight is 402 g/mol. The standard InChI is InChI=1S/C13H15BrF3NO3S/c14-8-1-6-11(13(15,16)17)12(7-8)22(20,21)18-9-2-4-10(19)5-3-9/h1,6-7,9-10,18-19H,2-5H2. The molecule has 0 bridgehead atoms. The molecule has 1 aliphatic rings. The fourth-order valence-corrected chi connectivity index (χ4v) is 4.50. The SMILES string of the molecule is O=S(=O)(NC1CCC(O)CC1)c1cc(Br)ccc1C(F)(F)F. The summed E-state index contributed by atoms with van der Waals surface area (Å²) in [6.45, 7) is 0. The molecule has 4 nitrogen and oxygen atoms in total. The molecule has 0 amide bonds. The van der Waals surface area contributed by atoms with E-state index in [4.69, 9.17) is 0 Å². The summed E-state index contributed by atoms with van der Waals surface area (Å²) in [6, 6.07) is 2.37. The van der Waals surface area contributed by atoms with Gasteiger partial charge in [0.15, 0.2) is 0 Å². The molecule has 1 aromatic carbocycles. The fraction of sp³-hybridized carbons (Fsp3) is 0.538. The van der Waals surface area contributed by atoms with Gasteiger partial charge in [-0.2, -0.15) is 13.2 Å². The summed E-state index contributed by atoms with van der Waals surface area (Å²) >= 11 is 3.00. The Labute approximate surface area is 134 Å². The highest BCUT2D eigenvalue weighted by molar-refractivity contribution is 9.10. The van der Waals surface area contributed by atoms with Crippen LogP contribution in [0.3, 0.4) is 0 Å². The van der Waals surface area contributed by atoms with Crippen molar-refractivity contribution < 1.29 is 26.7 Å². The molecule has 1 fully saturated rings. The Bertz CT molecular complexity index is 640. The van der Waals surface area contributed by atoms with Crippen LogP contribution in [0.5, 0.6) is 0 Å².